The number of imidazole rings is 1. The van der Waals surface area contributed by atoms with Crippen LogP contribution in [-0.2, 0) is 0 Å². The summed E-state index contributed by atoms with van der Waals surface area (Å²) in [7, 11) is 0. The van der Waals surface area contributed by atoms with Gasteiger partial charge in [0.15, 0.2) is 11.3 Å². The van der Waals surface area contributed by atoms with Gasteiger partial charge in [-0.2, -0.15) is 0 Å². The van der Waals surface area contributed by atoms with Crippen LogP contribution in [0, 0.1) is 6.92 Å². The fourth-order valence-electron chi connectivity index (χ4n) is 3.44. The van der Waals surface area contributed by atoms with E-state index in [2.05, 4.69) is 20.3 Å². The Balaban J connectivity index is 1.69. The van der Waals surface area contributed by atoms with Gasteiger partial charge in [0.1, 0.15) is 6.33 Å². The fraction of sp³-hybridized carbons (Fsp3) is 0.368. The molecular weight excluding hydrogens is 314 g/mol. The molecule has 0 aliphatic heterocycles. The Hall–Kier alpha value is -2.76. The van der Waals surface area contributed by atoms with E-state index in [-0.39, 0.29) is 11.9 Å². The number of carbonyl (C=O) groups is 1. The van der Waals surface area contributed by atoms with Gasteiger partial charge in [0.25, 0.3) is 5.91 Å². The average molecular weight is 335 g/mol. The SMILES string of the molecule is Cc1cc(-c2cccnc2)nc2c(C(=O)NC3CCCCC3)ncn12. The largest absolute Gasteiger partial charge is 0.348 e. The molecule has 6 nitrogen and oxygen atoms in total. The van der Waals surface area contributed by atoms with Crippen LogP contribution < -0.4 is 5.32 Å². The molecule has 3 aromatic heterocycles. The highest BCUT2D eigenvalue weighted by Gasteiger charge is 2.21. The molecule has 1 aliphatic rings. The van der Waals surface area contributed by atoms with Crippen molar-refractivity contribution in [3.8, 4) is 11.3 Å². The van der Waals surface area contributed by atoms with E-state index >= 15 is 0 Å². The van der Waals surface area contributed by atoms with Gasteiger partial charge in [0.2, 0.25) is 0 Å². The van der Waals surface area contributed by atoms with E-state index in [0.717, 1.165) is 29.8 Å². The normalized spacial score (nSPS) is 15.4. The number of aromatic nitrogens is 4. The predicted octanol–water partition coefficient (Wildman–Crippen LogP) is 3.16. The monoisotopic (exact) mass is 335 g/mol. The first-order valence-electron chi connectivity index (χ1n) is 8.78. The second-order valence-corrected chi connectivity index (χ2v) is 6.62. The molecule has 0 radical (unpaired) electrons. The lowest BCUT2D eigenvalue weighted by Gasteiger charge is -2.22. The average Bonchev–Trinajstić information content (AvgIpc) is 3.08. The second kappa shape index (κ2) is 6.63. The van der Waals surface area contributed by atoms with E-state index in [4.69, 9.17) is 0 Å². The third-order valence-corrected chi connectivity index (χ3v) is 4.81. The van der Waals surface area contributed by atoms with Crippen molar-refractivity contribution in [3.05, 3.63) is 48.3 Å². The lowest BCUT2D eigenvalue weighted by Crippen LogP contribution is -2.36. The Labute approximate surface area is 146 Å². The topological polar surface area (TPSA) is 72.2 Å². The van der Waals surface area contributed by atoms with Crippen LogP contribution in [0.15, 0.2) is 36.9 Å². The number of aryl methyl sites for hydroxylation is 1. The molecule has 1 amide bonds. The number of nitrogens with zero attached hydrogens (tertiary/aromatic N) is 4. The van der Waals surface area contributed by atoms with E-state index in [1.54, 1.807) is 18.7 Å². The summed E-state index contributed by atoms with van der Waals surface area (Å²) in [5, 5.41) is 3.12. The second-order valence-electron chi connectivity index (χ2n) is 6.62. The number of hydrogen-bond acceptors (Lipinski definition) is 4. The first-order valence-corrected chi connectivity index (χ1v) is 8.78. The maximum Gasteiger partial charge on any atom is 0.274 e. The highest BCUT2D eigenvalue weighted by atomic mass is 16.2. The van der Waals surface area contributed by atoms with Gasteiger partial charge in [-0.1, -0.05) is 19.3 Å². The number of fused-ring (bicyclic) bond motifs is 1. The van der Waals surface area contributed by atoms with Crippen molar-refractivity contribution in [1.29, 1.82) is 0 Å². The van der Waals surface area contributed by atoms with Crippen molar-refractivity contribution in [1.82, 2.24) is 24.7 Å². The van der Waals surface area contributed by atoms with Gasteiger partial charge in [0.05, 0.1) is 5.69 Å². The summed E-state index contributed by atoms with van der Waals surface area (Å²) in [6.07, 6.45) is 10.9. The van der Waals surface area contributed by atoms with Crippen LogP contribution in [0.5, 0.6) is 0 Å². The number of hydrogen-bond donors (Lipinski definition) is 1. The van der Waals surface area contributed by atoms with Crippen molar-refractivity contribution < 1.29 is 4.79 Å². The van der Waals surface area contributed by atoms with E-state index in [9.17, 15) is 4.79 Å². The molecule has 0 bridgehead atoms. The van der Waals surface area contributed by atoms with Crippen molar-refractivity contribution in [2.75, 3.05) is 0 Å². The first kappa shape index (κ1) is 15.7. The molecule has 0 atom stereocenters. The minimum Gasteiger partial charge on any atom is -0.348 e. The number of carbonyl (C=O) groups excluding carboxylic acids is 1. The minimum atomic E-state index is -0.135. The molecule has 128 valence electrons. The van der Waals surface area contributed by atoms with Crippen LogP contribution in [0.1, 0.15) is 48.3 Å². The fourth-order valence-corrected chi connectivity index (χ4v) is 3.44. The van der Waals surface area contributed by atoms with Gasteiger partial charge < -0.3 is 5.32 Å². The maximum absolute atomic E-state index is 12.7. The highest BCUT2D eigenvalue weighted by molar-refractivity contribution is 5.98. The number of rotatable bonds is 3. The summed E-state index contributed by atoms with van der Waals surface area (Å²) in [5.41, 5.74) is 3.68. The maximum atomic E-state index is 12.7. The Morgan fingerprint density at radius 3 is 2.88 bits per heavy atom. The van der Waals surface area contributed by atoms with Gasteiger partial charge in [-0.05, 0) is 38.0 Å². The van der Waals surface area contributed by atoms with Crippen molar-refractivity contribution in [2.45, 2.75) is 45.1 Å². The van der Waals surface area contributed by atoms with Crippen LogP contribution >= 0.6 is 0 Å². The molecule has 3 heterocycles. The molecule has 1 fully saturated rings. The Bertz CT molecular complexity index is 897. The first-order chi connectivity index (χ1) is 12.2. The quantitative estimate of drug-likeness (QED) is 0.798. The highest BCUT2D eigenvalue weighted by Crippen LogP contribution is 2.21. The number of nitrogens with one attached hydrogen (secondary N) is 1. The molecule has 1 N–H and O–H groups in total. The third-order valence-electron chi connectivity index (χ3n) is 4.81. The summed E-state index contributed by atoms with van der Waals surface area (Å²) < 4.78 is 1.86. The Morgan fingerprint density at radius 1 is 1.28 bits per heavy atom. The standard InChI is InChI=1S/C19H21N5O/c1-13-10-16(14-6-5-9-20-11-14)23-18-17(21-12-24(13)18)19(25)22-15-7-3-2-4-8-15/h5-6,9-12,15H,2-4,7-8H2,1H3,(H,22,25). The molecule has 0 aromatic carbocycles. The lowest BCUT2D eigenvalue weighted by atomic mass is 9.95. The summed E-state index contributed by atoms with van der Waals surface area (Å²) in [4.78, 5) is 25.9. The van der Waals surface area contributed by atoms with Crippen LogP contribution in [0.3, 0.4) is 0 Å². The van der Waals surface area contributed by atoms with Gasteiger partial charge in [-0.3, -0.25) is 14.2 Å². The van der Waals surface area contributed by atoms with Crippen molar-refractivity contribution in [2.24, 2.45) is 0 Å². The molecule has 6 heteroatoms. The molecule has 1 saturated carbocycles. The van der Waals surface area contributed by atoms with E-state index in [1.165, 1.54) is 19.3 Å². The van der Waals surface area contributed by atoms with Gasteiger partial charge in [-0.15, -0.1) is 0 Å². The zero-order valence-electron chi connectivity index (χ0n) is 14.3. The summed E-state index contributed by atoms with van der Waals surface area (Å²) in [5.74, 6) is -0.135. The Kier molecular flexibility index (Phi) is 4.17. The van der Waals surface area contributed by atoms with Crippen molar-refractivity contribution >= 4 is 11.6 Å². The molecule has 0 spiro atoms. The number of amides is 1. The van der Waals surface area contributed by atoms with Crippen LogP contribution in [0.2, 0.25) is 0 Å². The van der Waals surface area contributed by atoms with Crippen molar-refractivity contribution in [3.63, 3.8) is 0 Å². The zero-order chi connectivity index (χ0) is 17.2. The van der Waals surface area contributed by atoms with E-state index in [1.807, 2.05) is 29.5 Å². The smallest absolute Gasteiger partial charge is 0.274 e. The molecular formula is C19H21N5O. The molecule has 3 aromatic rings. The third kappa shape index (κ3) is 3.12. The van der Waals surface area contributed by atoms with Crippen LogP contribution in [0.25, 0.3) is 16.9 Å². The van der Waals surface area contributed by atoms with Gasteiger partial charge in [0, 0.05) is 29.7 Å². The predicted molar refractivity (Wildman–Crippen MR) is 95.3 cm³/mol. The van der Waals surface area contributed by atoms with Crippen LogP contribution in [0.4, 0.5) is 0 Å². The zero-order valence-corrected chi connectivity index (χ0v) is 14.3. The minimum absolute atomic E-state index is 0.135. The molecule has 1 aliphatic carbocycles. The molecule has 0 unspecified atom stereocenters. The Morgan fingerprint density at radius 2 is 2.12 bits per heavy atom. The van der Waals surface area contributed by atoms with Gasteiger partial charge >= 0.3 is 0 Å². The lowest BCUT2D eigenvalue weighted by molar-refractivity contribution is 0.0924. The summed E-state index contributed by atoms with van der Waals surface area (Å²) in [6, 6.07) is 6.07. The van der Waals surface area contributed by atoms with Crippen LogP contribution in [-0.4, -0.2) is 31.3 Å². The van der Waals surface area contributed by atoms with E-state index in [0.29, 0.717) is 11.3 Å². The molecule has 25 heavy (non-hydrogen) atoms. The summed E-state index contributed by atoms with van der Waals surface area (Å²) in [6.45, 7) is 1.99. The number of pyridine rings is 1. The molecule has 4 rings (SSSR count). The summed E-state index contributed by atoms with van der Waals surface area (Å²) >= 11 is 0. The molecule has 0 saturated heterocycles. The van der Waals surface area contributed by atoms with Gasteiger partial charge in [-0.25, -0.2) is 9.97 Å². The van der Waals surface area contributed by atoms with E-state index < -0.39 is 0 Å².